The SMILES string of the molecule is Cc1cc(C)cc(Oc2ccc3nc4c(c(N)c3c2)CCC4)c1. The minimum Gasteiger partial charge on any atom is -0.457 e. The highest BCUT2D eigenvalue weighted by Crippen LogP contribution is 2.34. The molecule has 2 N–H and O–H groups in total. The van der Waals surface area contributed by atoms with Crippen molar-refractivity contribution in [3.63, 3.8) is 0 Å². The number of aromatic nitrogens is 1. The van der Waals surface area contributed by atoms with Crippen molar-refractivity contribution in [2.24, 2.45) is 0 Å². The van der Waals surface area contributed by atoms with Crippen LogP contribution in [-0.4, -0.2) is 4.98 Å². The van der Waals surface area contributed by atoms with Gasteiger partial charge in [-0.2, -0.15) is 0 Å². The molecular formula is C20H20N2O. The van der Waals surface area contributed by atoms with Gasteiger partial charge in [0.15, 0.2) is 0 Å². The Morgan fingerprint density at radius 1 is 0.957 bits per heavy atom. The van der Waals surface area contributed by atoms with Gasteiger partial charge in [-0.15, -0.1) is 0 Å². The predicted molar refractivity (Wildman–Crippen MR) is 94.2 cm³/mol. The zero-order valence-electron chi connectivity index (χ0n) is 13.5. The normalized spacial score (nSPS) is 13.3. The first-order valence-electron chi connectivity index (χ1n) is 8.07. The summed E-state index contributed by atoms with van der Waals surface area (Å²) in [5, 5.41) is 0.993. The fraction of sp³-hybridized carbons (Fsp3) is 0.250. The fourth-order valence-corrected chi connectivity index (χ4v) is 3.47. The summed E-state index contributed by atoms with van der Waals surface area (Å²) < 4.78 is 6.04. The fourth-order valence-electron chi connectivity index (χ4n) is 3.47. The molecule has 0 amide bonds. The molecule has 3 aromatic rings. The molecule has 116 valence electrons. The van der Waals surface area contributed by atoms with Crippen LogP contribution in [0.1, 0.15) is 28.8 Å². The Kier molecular flexibility index (Phi) is 3.22. The summed E-state index contributed by atoms with van der Waals surface area (Å²) in [5.74, 6) is 1.66. The number of aryl methyl sites for hydroxylation is 3. The first-order chi connectivity index (χ1) is 11.1. The summed E-state index contributed by atoms with van der Waals surface area (Å²) in [6.07, 6.45) is 3.22. The highest BCUT2D eigenvalue weighted by Gasteiger charge is 2.18. The molecule has 0 unspecified atom stereocenters. The van der Waals surface area contributed by atoms with Crippen LogP contribution in [0.5, 0.6) is 11.5 Å². The zero-order valence-corrected chi connectivity index (χ0v) is 13.5. The molecule has 0 fully saturated rings. The first-order valence-corrected chi connectivity index (χ1v) is 8.07. The molecule has 4 rings (SSSR count). The van der Waals surface area contributed by atoms with Crippen molar-refractivity contribution in [2.45, 2.75) is 33.1 Å². The average molecular weight is 304 g/mol. The lowest BCUT2D eigenvalue weighted by atomic mass is 10.1. The van der Waals surface area contributed by atoms with Gasteiger partial charge < -0.3 is 10.5 Å². The van der Waals surface area contributed by atoms with Crippen molar-refractivity contribution in [1.29, 1.82) is 0 Å². The lowest BCUT2D eigenvalue weighted by Gasteiger charge is -2.11. The smallest absolute Gasteiger partial charge is 0.128 e. The van der Waals surface area contributed by atoms with E-state index < -0.39 is 0 Å². The number of hydrogen-bond acceptors (Lipinski definition) is 3. The Morgan fingerprint density at radius 3 is 2.52 bits per heavy atom. The molecule has 0 saturated heterocycles. The van der Waals surface area contributed by atoms with Crippen molar-refractivity contribution in [2.75, 3.05) is 5.73 Å². The number of nitrogen functional groups attached to an aromatic ring is 1. The number of rotatable bonds is 2. The van der Waals surface area contributed by atoms with Gasteiger partial charge in [0.05, 0.1) is 5.52 Å². The third kappa shape index (κ3) is 2.52. The maximum atomic E-state index is 6.39. The highest BCUT2D eigenvalue weighted by atomic mass is 16.5. The quantitative estimate of drug-likeness (QED) is 0.745. The van der Waals surface area contributed by atoms with Crippen LogP contribution >= 0.6 is 0 Å². The van der Waals surface area contributed by atoms with Crippen LogP contribution in [0.4, 0.5) is 5.69 Å². The molecule has 1 aromatic heterocycles. The molecule has 1 aliphatic rings. The summed E-state index contributed by atoms with van der Waals surface area (Å²) in [7, 11) is 0. The Balaban J connectivity index is 1.77. The minimum absolute atomic E-state index is 0.800. The molecule has 3 nitrogen and oxygen atoms in total. The Morgan fingerprint density at radius 2 is 1.74 bits per heavy atom. The highest BCUT2D eigenvalue weighted by molar-refractivity contribution is 5.93. The molecule has 0 atom stereocenters. The number of fused-ring (bicyclic) bond motifs is 2. The number of benzene rings is 2. The topological polar surface area (TPSA) is 48.1 Å². The van der Waals surface area contributed by atoms with E-state index in [1.807, 2.05) is 30.3 Å². The maximum Gasteiger partial charge on any atom is 0.128 e. The summed E-state index contributed by atoms with van der Waals surface area (Å²) in [5.41, 5.74) is 13.0. The van der Waals surface area contributed by atoms with Gasteiger partial charge in [-0.3, -0.25) is 4.98 Å². The van der Waals surface area contributed by atoms with Gasteiger partial charge >= 0.3 is 0 Å². The number of pyridine rings is 1. The molecule has 0 bridgehead atoms. The van der Waals surface area contributed by atoms with Gasteiger partial charge in [-0.25, -0.2) is 0 Å². The van der Waals surface area contributed by atoms with Gasteiger partial charge in [0.1, 0.15) is 11.5 Å². The Bertz CT molecular complexity index is 895. The predicted octanol–water partition coefficient (Wildman–Crippen LogP) is 4.71. The molecule has 0 aliphatic heterocycles. The summed E-state index contributed by atoms with van der Waals surface area (Å²) in [4.78, 5) is 4.76. The van der Waals surface area contributed by atoms with Crippen LogP contribution < -0.4 is 10.5 Å². The zero-order chi connectivity index (χ0) is 16.0. The van der Waals surface area contributed by atoms with Crippen molar-refractivity contribution < 1.29 is 4.74 Å². The van der Waals surface area contributed by atoms with Crippen molar-refractivity contribution >= 4 is 16.6 Å². The molecule has 0 spiro atoms. The van der Waals surface area contributed by atoms with E-state index >= 15 is 0 Å². The number of hydrogen-bond donors (Lipinski definition) is 1. The van der Waals surface area contributed by atoms with Crippen LogP contribution in [0.15, 0.2) is 36.4 Å². The van der Waals surface area contributed by atoms with E-state index in [1.54, 1.807) is 0 Å². The van der Waals surface area contributed by atoms with Crippen molar-refractivity contribution in [3.05, 3.63) is 58.8 Å². The summed E-state index contributed by atoms with van der Waals surface area (Å²) in [6.45, 7) is 4.15. The number of nitrogens with two attached hydrogens (primary N) is 1. The van der Waals surface area contributed by atoms with Crippen LogP contribution in [0, 0.1) is 13.8 Å². The second-order valence-electron chi connectivity index (χ2n) is 6.41. The second-order valence-corrected chi connectivity index (χ2v) is 6.41. The molecular weight excluding hydrogens is 284 g/mol. The van der Waals surface area contributed by atoms with Crippen LogP contribution in [0.25, 0.3) is 10.9 Å². The third-order valence-corrected chi connectivity index (χ3v) is 4.46. The molecule has 23 heavy (non-hydrogen) atoms. The largest absolute Gasteiger partial charge is 0.457 e. The van der Waals surface area contributed by atoms with E-state index in [9.17, 15) is 0 Å². The van der Waals surface area contributed by atoms with Gasteiger partial charge in [0.25, 0.3) is 0 Å². The molecule has 1 heterocycles. The van der Waals surface area contributed by atoms with E-state index in [-0.39, 0.29) is 0 Å². The lowest BCUT2D eigenvalue weighted by molar-refractivity contribution is 0.482. The summed E-state index contributed by atoms with van der Waals surface area (Å²) >= 11 is 0. The standard InChI is InChI=1S/C20H20N2O/c1-12-8-13(2)10-15(9-12)23-14-6-7-19-17(11-14)20(21)16-4-3-5-18(16)22-19/h6-11H,3-5H2,1-2H3,(H2,21,22). The van der Waals surface area contributed by atoms with Crippen molar-refractivity contribution in [3.8, 4) is 11.5 Å². The van der Waals surface area contributed by atoms with Crippen LogP contribution in [-0.2, 0) is 12.8 Å². The Labute approximate surface area is 136 Å². The monoisotopic (exact) mass is 304 g/mol. The maximum absolute atomic E-state index is 6.39. The number of nitrogens with zero attached hydrogens (tertiary/aromatic N) is 1. The number of anilines is 1. The van der Waals surface area contributed by atoms with E-state index in [1.165, 1.54) is 16.7 Å². The lowest BCUT2D eigenvalue weighted by Crippen LogP contribution is -1.98. The third-order valence-electron chi connectivity index (χ3n) is 4.46. The molecule has 0 radical (unpaired) electrons. The molecule has 0 saturated carbocycles. The second kappa shape index (κ2) is 5.27. The van der Waals surface area contributed by atoms with Gasteiger partial charge in [0.2, 0.25) is 0 Å². The average Bonchev–Trinajstić information content (AvgIpc) is 2.96. The van der Waals surface area contributed by atoms with E-state index in [4.69, 9.17) is 15.5 Å². The molecule has 2 aromatic carbocycles. The molecule has 1 aliphatic carbocycles. The first kappa shape index (κ1) is 14.1. The van der Waals surface area contributed by atoms with Crippen molar-refractivity contribution in [1.82, 2.24) is 4.98 Å². The summed E-state index contributed by atoms with van der Waals surface area (Å²) in [6, 6.07) is 12.2. The van der Waals surface area contributed by atoms with Crippen LogP contribution in [0.2, 0.25) is 0 Å². The van der Waals surface area contributed by atoms with Crippen LogP contribution in [0.3, 0.4) is 0 Å². The van der Waals surface area contributed by atoms with E-state index in [2.05, 4.69) is 19.9 Å². The minimum atomic E-state index is 0.800. The van der Waals surface area contributed by atoms with Gasteiger partial charge in [-0.1, -0.05) is 6.07 Å². The van der Waals surface area contributed by atoms with E-state index in [0.717, 1.165) is 53.0 Å². The molecule has 3 heteroatoms. The number of ether oxygens (including phenoxy) is 1. The Hall–Kier alpha value is -2.55. The van der Waals surface area contributed by atoms with Gasteiger partial charge in [0, 0.05) is 16.8 Å². The van der Waals surface area contributed by atoms with E-state index in [0.29, 0.717) is 0 Å². The van der Waals surface area contributed by atoms with Gasteiger partial charge in [-0.05, 0) is 80.1 Å².